The molecule has 0 unspecified atom stereocenters. The van der Waals surface area contributed by atoms with E-state index in [-0.39, 0.29) is 0 Å². The Morgan fingerprint density at radius 1 is 0.875 bits per heavy atom. The van der Waals surface area contributed by atoms with Gasteiger partial charge in [-0.2, -0.15) is 0 Å². The van der Waals surface area contributed by atoms with Gasteiger partial charge in [-0.05, 0) is 13.0 Å². The first-order valence-corrected chi connectivity index (χ1v) is 6.37. The minimum Gasteiger partial charge on any atom is -0.378 e. The van der Waals surface area contributed by atoms with E-state index in [0.29, 0.717) is 19.3 Å². The van der Waals surface area contributed by atoms with Gasteiger partial charge in [0.25, 0.3) is 0 Å². The van der Waals surface area contributed by atoms with Crippen LogP contribution in [0.25, 0.3) is 0 Å². The Morgan fingerprint density at radius 2 is 1.50 bits per heavy atom. The molecule has 0 rings (SSSR count). The molecule has 0 heterocycles. The summed E-state index contributed by atoms with van der Waals surface area (Å²) in [5, 5.41) is 6.58. The van der Waals surface area contributed by atoms with Gasteiger partial charge in [0.15, 0.2) is 0 Å². The van der Waals surface area contributed by atoms with E-state index in [1.807, 2.05) is 0 Å². The molecule has 4 nitrogen and oxygen atoms in total. The van der Waals surface area contributed by atoms with Crippen LogP contribution in [-0.4, -0.2) is 52.1 Å². The van der Waals surface area contributed by atoms with Crippen molar-refractivity contribution in [2.45, 2.75) is 33.2 Å². The fraction of sp³-hybridized carbons (Fsp3) is 1.00. The van der Waals surface area contributed by atoms with Crippen LogP contribution in [0.2, 0.25) is 0 Å². The third-order valence-corrected chi connectivity index (χ3v) is 2.02. The van der Waals surface area contributed by atoms with Crippen LogP contribution in [0.3, 0.4) is 0 Å². The van der Waals surface area contributed by atoms with Crippen LogP contribution >= 0.6 is 0 Å². The van der Waals surface area contributed by atoms with Gasteiger partial charge in [0.2, 0.25) is 0 Å². The summed E-state index contributed by atoms with van der Waals surface area (Å²) in [6.45, 7) is 12.2. The van der Waals surface area contributed by atoms with Crippen LogP contribution in [0, 0.1) is 0 Å². The maximum absolute atomic E-state index is 5.40. The molecule has 0 saturated heterocycles. The standard InChI is InChI=1S/C12H28N2O2/c1-4-5-13-6-8-15-10-11-16-9-7-14-12(2)3/h12-14H,4-11H2,1-3H3. The van der Waals surface area contributed by atoms with E-state index in [4.69, 9.17) is 9.47 Å². The largest absolute Gasteiger partial charge is 0.378 e. The Kier molecular flexibility index (Phi) is 12.8. The number of hydrogen-bond donors (Lipinski definition) is 2. The number of hydrogen-bond acceptors (Lipinski definition) is 4. The van der Waals surface area contributed by atoms with Crippen LogP contribution in [0.15, 0.2) is 0 Å². The molecule has 2 N–H and O–H groups in total. The first-order chi connectivity index (χ1) is 7.77. The van der Waals surface area contributed by atoms with E-state index in [1.165, 1.54) is 6.42 Å². The molecule has 4 heteroatoms. The first kappa shape index (κ1) is 15.8. The van der Waals surface area contributed by atoms with Crippen LogP contribution < -0.4 is 10.6 Å². The third-order valence-electron chi connectivity index (χ3n) is 2.02. The maximum atomic E-state index is 5.40. The highest BCUT2D eigenvalue weighted by molar-refractivity contribution is 4.50. The molecule has 0 spiro atoms. The highest BCUT2D eigenvalue weighted by atomic mass is 16.5. The van der Waals surface area contributed by atoms with Gasteiger partial charge < -0.3 is 20.1 Å². The minimum absolute atomic E-state index is 0.532. The fourth-order valence-electron chi connectivity index (χ4n) is 1.19. The molecule has 0 atom stereocenters. The van der Waals surface area contributed by atoms with Crippen LogP contribution in [0.4, 0.5) is 0 Å². The highest BCUT2D eigenvalue weighted by Crippen LogP contribution is 1.80. The van der Waals surface area contributed by atoms with Crippen LogP contribution in [0.1, 0.15) is 27.2 Å². The first-order valence-electron chi connectivity index (χ1n) is 6.37. The second kappa shape index (κ2) is 12.9. The SMILES string of the molecule is CCCNCCOCCOCCNC(C)C. The number of rotatable bonds is 12. The monoisotopic (exact) mass is 232 g/mol. The quantitative estimate of drug-likeness (QED) is 0.493. The molecule has 0 aliphatic heterocycles. The van der Waals surface area contributed by atoms with Gasteiger partial charge >= 0.3 is 0 Å². The zero-order valence-electron chi connectivity index (χ0n) is 11.1. The minimum atomic E-state index is 0.532. The Labute approximate surface area is 100 Å². The highest BCUT2D eigenvalue weighted by Gasteiger charge is 1.92. The zero-order valence-corrected chi connectivity index (χ0v) is 11.1. The molecule has 0 aliphatic rings. The van der Waals surface area contributed by atoms with Gasteiger partial charge in [-0.3, -0.25) is 0 Å². The molecule has 0 radical (unpaired) electrons. The van der Waals surface area contributed by atoms with Crippen LogP contribution in [-0.2, 0) is 9.47 Å². The molecule has 0 fully saturated rings. The Morgan fingerprint density at radius 3 is 2.06 bits per heavy atom. The lowest BCUT2D eigenvalue weighted by Gasteiger charge is -2.09. The van der Waals surface area contributed by atoms with Crippen LogP contribution in [0.5, 0.6) is 0 Å². The molecule has 0 saturated carbocycles. The molecule has 0 aromatic heterocycles. The lowest BCUT2D eigenvalue weighted by atomic mass is 10.4. The van der Waals surface area contributed by atoms with E-state index < -0.39 is 0 Å². The van der Waals surface area contributed by atoms with Crippen molar-refractivity contribution in [2.24, 2.45) is 0 Å². The van der Waals surface area contributed by atoms with Gasteiger partial charge in [0.1, 0.15) is 0 Å². The predicted octanol–water partition coefficient (Wildman–Crippen LogP) is 1.02. The molecule has 0 aromatic carbocycles. The van der Waals surface area contributed by atoms with Gasteiger partial charge in [0, 0.05) is 19.1 Å². The van der Waals surface area contributed by atoms with Crippen molar-refractivity contribution in [3.63, 3.8) is 0 Å². The molecule has 0 aliphatic carbocycles. The van der Waals surface area contributed by atoms with Gasteiger partial charge in [-0.15, -0.1) is 0 Å². The molecule has 16 heavy (non-hydrogen) atoms. The summed E-state index contributed by atoms with van der Waals surface area (Å²) in [4.78, 5) is 0. The Bertz CT molecular complexity index is 132. The van der Waals surface area contributed by atoms with Crippen molar-refractivity contribution in [3.05, 3.63) is 0 Å². The summed E-state index contributed by atoms with van der Waals surface area (Å²) in [7, 11) is 0. The number of nitrogens with one attached hydrogen (secondary N) is 2. The van der Waals surface area contributed by atoms with E-state index in [1.54, 1.807) is 0 Å². The van der Waals surface area contributed by atoms with Crippen molar-refractivity contribution in [3.8, 4) is 0 Å². The smallest absolute Gasteiger partial charge is 0.0701 e. The normalized spacial score (nSPS) is 11.2. The van der Waals surface area contributed by atoms with Crippen molar-refractivity contribution in [1.82, 2.24) is 10.6 Å². The summed E-state index contributed by atoms with van der Waals surface area (Å²) in [6, 6.07) is 0.532. The summed E-state index contributed by atoms with van der Waals surface area (Å²) in [5.74, 6) is 0. The van der Waals surface area contributed by atoms with Crippen molar-refractivity contribution in [2.75, 3.05) is 46.1 Å². The average Bonchev–Trinajstić information content (AvgIpc) is 2.25. The molecule has 0 aromatic rings. The summed E-state index contributed by atoms with van der Waals surface area (Å²) >= 11 is 0. The van der Waals surface area contributed by atoms with Crippen molar-refractivity contribution in [1.29, 1.82) is 0 Å². The second-order valence-electron chi connectivity index (χ2n) is 4.08. The average molecular weight is 232 g/mol. The van der Waals surface area contributed by atoms with Crippen molar-refractivity contribution < 1.29 is 9.47 Å². The van der Waals surface area contributed by atoms with Crippen molar-refractivity contribution >= 4 is 0 Å². The maximum Gasteiger partial charge on any atom is 0.0701 e. The predicted molar refractivity (Wildman–Crippen MR) is 67.9 cm³/mol. The molecule has 98 valence electrons. The second-order valence-corrected chi connectivity index (χ2v) is 4.08. The van der Waals surface area contributed by atoms with E-state index in [2.05, 4.69) is 31.4 Å². The Hall–Kier alpha value is -0.160. The van der Waals surface area contributed by atoms with Gasteiger partial charge in [0.05, 0.1) is 26.4 Å². The Balaban J connectivity index is 2.88. The fourth-order valence-corrected chi connectivity index (χ4v) is 1.19. The topological polar surface area (TPSA) is 42.5 Å². The summed E-state index contributed by atoms with van der Waals surface area (Å²) < 4.78 is 10.8. The molecular formula is C12H28N2O2. The zero-order chi connectivity index (χ0) is 12.1. The summed E-state index contributed by atoms with van der Waals surface area (Å²) in [5.41, 5.74) is 0. The lowest BCUT2D eigenvalue weighted by Crippen LogP contribution is -2.27. The van der Waals surface area contributed by atoms with E-state index in [9.17, 15) is 0 Å². The molecular weight excluding hydrogens is 204 g/mol. The lowest BCUT2D eigenvalue weighted by molar-refractivity contribution is 0.0496. The third kappa shape index (κ3) is 13.8. The number of ether oxygens (including phenoxy) is 2. The van der Waals surface area contributed by atoms with E-state index >= 15 is 0 Å². The molecule has 0 amide bonds. The van der Waals surface area contributed by atoms with Gasteiger partial charge in [-0.25, -0.2) is 0 Å². The summed E-state index contributed by atoms with van der Waals surface area (Å²) in [6.07, 6.45) is 1.17. The molecule has 0 bridgehead atoms. The van der Waals surface area contributed by atoms with E-state index in [0.717, 1.165) is 32.8 Å². The van der Waals surface area contributed by atoms with Gasteiger partial charge in [-0.1, -0.05) is 20.8 Å².